The van der Waals surface area contributed by atoms with Crippen LogP contribution in [0.4, 0.5) is 8.78 Å². The highest BCUT2D eigenvalue weighted by Crippen LogP contribution is 2.35. The van der Waals surface area contributed by atoms with E-state index in [1.165, 1.54) is 35.6 Å². The number of aromatic nitrogens is 2. The predicted octanol–water partition coefficient (Wildman–Crippen LogP) is 5.82. The van der Waals surface area contributed by atoms with Crippen molar-refractivity contribution in [2.24, 2.45) is 0 Å². The van der Waals surface area contributed by atoms with E-state index in [0.717, 1.165) is 33.0 Å². The number of nitrogens with zero attached hydrogens (tertiary/aromatic N) is 2. The fourth-order valence-electron chi connectivity index (χ4n) is 2.60. The lowest BCUT2D eigenvalue weighted by molar-refractivity contribution is 0.627. The van der Waals surface area contributed by atoms with Crippen molar-refractivity contribution in [3.63, 3.8) is 0 Å². The van der Waals surface area contributed by atoms with Gasteiger partial charge in [0.2, 0.25) is 0 Å². The number of hydrogen-bond acceptors (Lipinski definition) is 3. The van der Waals surface area contributed by atoms with Gasteiger partial charge in [-0.1, -0.05) is 12.1 Å². The number of halogens is 2. The minimum absolute atomic E-state index is 0.271. The molecule has 0 N–H and O–H groups in total. The molecule has 2 aromatic heterocycles. The van der Waals surface area contributed by atoms with Crippen molar-refractivity contribution in [3.8, 4) is 33.0 Å². The summed E-state index contributed by atoms with van der Waals surface area (Å²) in [5, 5.41) is 2.75. The van der Waals surface area contributed by atoms with Crippen LogP contribution in [0.15, 0.2) is 72.4 Å². The molecule has 2 nitrogen and oxygen atoms in total. The van der Waals surface area contributed by atoms with Crippen molar-refractivity contribution < 1.29 is 8.78 Å². The number of pyridine rings is 1. The van der Waals surface area contributed by atoms with Crippen molar-refractivity contribution in [3.05, 3.63) is 84.0 Å². The SMILES string of the molecule is Fc1ccc(-c2csc(-c3cnccc3-c3ccc(F)cc3)n2)cc1. The Morgan fingerprint density at radius 1 is 0.720 bits per heavy atom. The second kappa shape index (κ2) is 6.53. The fourth-order valence-corrected chi connectivity index (χ4v) is 3.45. The smallest absolute Gasteiger partial charge is 0.126 e. The third-order valence-corrected chi connectivity index (χ3v) is 4.73. The summed E-state index contributed by atoms with van der Waals surface area (Å²) >= 11 is 1.49. The van der Waals surface area contributed by atoms with Crippen LogP contribution in [0.3, 0.4) is 0 Å². The summed E-state index contributed by atoms with van der Waals surface area (Å²) < 4.78 is 26.3. The van der Waals surface area contributed by atoms with Crippen molar-refractivity contribution in [2.75, 3.05) is 0 Å². The van der Waals surface area contributed by atoms with E-state index in [1.54, 1.807) is 36.7 Å². The Labute approximate surface area is 147 Å². The van der Waals surface area contributed by atoms with Gasteiger partial charge in [0.1, 0.15) is 16.6 Å². The molecule has 122 valence electrons. The molecule has 0 amide bonds. The molecule has 0 spiro atoms. The van der Waals surface area contributed by atoms with Crippen molar-refractivity contribution in [1.29, 1.82) is 0 Å². The molecule has 0 radical (unpaired) electrons. The Morgan fingerprint density at radius 2 is 1.36 bits per heavy atom. The molecule has 0 saturated carbocycles. The first-order valence-electron chi connectivity index (χ1n) is 7.62. The predicted molar refractivity (Wildman–Crippen MR) is 96.1 cm³/mol. The Kier molecular flexibility index (Phi) is 4.07. The van der Waals surface area contributed by atoms with E-state index < -0.39 is 0 Å². The normalized spacial score (nSPS) is 10.8. The lowest BCUT2D eigenvalue weighted by atomic mass is 10.0. The van der Waals surface area contributed by atoms with E-state index >= 15 is 0 Å². The molecule has 0 saturated heterocycles. The second-order valence-electron chi connectivity index (χ2n) is 5.47. The summed E-state index contributed by atoms with van der Waals surface area (Å²) in [6.45, 7) is 0. The van der Waals surface area contributed by atoms with Gasteiger partial charge >= 0.3 is 0 Å². The maximum atomic E-state index is 13.2. The third kappa shape index (κ3) is 3.19. The summed E-state index contributed by atoms with van der Waals surface area (Å²) in [7, 11) is 0. The van der Waals surface area contributed by atoms with Gasteiger partial charge < -0.3 is 0 Å². The molecule has 0 aliphatic rings. The van der Waals surface area contributed by atoms with E-state index in [4.69, 9.17) is 0 Å². The van der Waals surface area contributed by atoms with Crippen LogP contribution >= 0.6 is 11.3 Å². The van der Waals surface area contributed by atoms with E-state index in [0.29, 0.717) is 0 Å². The van der Waals surface area contributed by atoms with Crippen LogP contribution in [-0.2, 0) is 0 Å². The molecule has 0 atom stereocenters. The highest BCUT2D eigenvalue weighted by Gasteiger charge is 2.12. The van der Waals surface area contributed by atoms with Gasteiger partial charge in [0.05, 0.1) is 5.69 Å². The van der Waals surface area contributed by atoms with Gasteiger partial charge in [-0.25, -0.2) is 13.8 Å². The van der Waals surface area contributed by atoms with Crippen LogP contribution < -0.4 is 0 Å². The molecule has 0 aliphatic heterocycles. The molecule has 0 bridgehead atoms. The van der Waals surface area contributed by atoms with Crippen LogP contribution in [0.2, 0.25) is 0 Å². The minimum atomic E-state index is -0.273. The van der Waals surface area contributed by atoms with E-state index in [-0.39, 0.29) is 11.6 Å². The highest BCUT2D eigenvalue weighted by molar-refractivity contribution is 7.13. The molecular formula is C20H12F2N2S. The molecule has 5 heteroatoms. The number of hydrogen-bond donors (Lipinski definition) is 0. The number of thiazole rings is 1. The molecule has 4 rings (SSSR count). The van der Waals surface area contributed by atoms with Gasteiger partial charge in [-0.15, -0.1) is 11.3 Å². The Morgan fingerprint density at radius 3 is 2.04 bits per heavy atom. The Bertz CT molecular complexity index is 1010. The monoisotopic (exact) mass is 350 g/mol. The topological polar surface area (TPSA) is 25.8 Å². The second-order valence-corrected chi connectivity index (χ2v) is 6.33. The number of benzene rings is 2. The van der Waals surface area contributed by atoms with E-state index in [9.17, 15) is 8.78 Å². The van der Waals surface area contributed by atoms with Gasteiger partial charge in [-0.2, -0.15) is 0 Å². The summed E-state index contributed by atoms with van der Waals surface area (Å²) in [5.74, 6) is -0.544. The van der Waals surface area contributed by atoms with Crippen LogP contribution in [0.1, 0.15) is 0 Å². The third-order valence-electron chi connectivity index (χ3n) is 3.85. The molecule has 2 aromatic carbocycles. The molecule has 2 heterocycles. The van der Waals surface area contributed by atoms with E-state index in [1.807, 2.05) is 11.4 Å². The maximum Gasteiger partial charge on any atom is 0.126 e. The average Bonchev–Trinajstić information content (AvgIpc) is 3.13. The van der Waals surface area contributed by atoms with Gasteiger partial charge in [0, 0.05) is 28.9 Å². The quantitative estimate of drug-likeness (QED) is 0.465. The van der Waals surface area contributed by atoms with E-state index in [2.05, 4.69) is 9.97 Å². The van der Waals surface area contributed by atoms with Crippen molar-refractivity contribution in [1.82, 2.24) is 9.97 Å². The molecule has 0 fully saturated rings. The van der Waals surface area contributed by atoms with Gasteiger partial charge in [0.15, 0.2) is 0 Å². The van der Waals surface area contributed by atoms with Crippen LogP contribution in [-0.4, -0.2) is 9.97 Å². The zero-order chi connectivity index (χ0) is 17.2. The molecule has 25 heavy (non-hydrogen) atoms. The Balaban J connectivity index is 1.76. The fraction of sp³-hybridized carbons (Fsp3) is 0. The Hall–Kier alpha value is -2.92. The summed E-state index contributed by atoms with van der Waals surface area (Å²) in [6.07, 6.45) is 3.46. The summed E-state index contributed by atoms with van der Waals surface area (Å²) in [5.41, 5.74) is 4.37. The van der Waals surface area contributed by atoms with Gasteiger partial charge in [-0.05, 0) is 53.6 Å². The zero-order valence-electron chi connectivity index (χ0n) is 13.0. The van der Waals surface area contributed by atoms with Crippen molar-refractivity contribution >= 4 is 11.3 Å². The summed E-state index contributed by atoms with van der Waals surface area (Å²) in [6, 6.07) is 14.5. The maximum absolute atomic E-state index is 13.2. The van der Waals surface area contributed by atoms with Crippen LogP contribution in [0, 0.1) is 11.6 Å². The van der Waals surface area contributed by atoms with Crippen molar-refractivity contribution in [2.45, 2.75) is 0 Å². The lowest BCUT2D eigenvalue weighted by Gasteiger charge is -2.07. The molecule has 0 unspecified atom stereocenters. The highest BCUT2D eigenvalue weighted by atomic mass is 32.1. The molecule has 0 aliphatic carbocycles. The lowest BCUT2D eigenvalue weighted by Crippen LogP contribution is -1.87. The zero-order valence-corrected chi connectivity index (χ0v) is 13.8. The van der Waals surface area contributed by atoms with Gasteiger partial charge in [0.25, 0.3) is 0 Å². The van der Waals surface area contributed by atoms with Gasteiger partial charge in [-0.3, -0.25) is 4.98 Å². The first kappa shape index (κ1) is 15.6. The van der Waals surface area contributed by atoms with Crippen LogP contribution in [0.5, 0.6) is 0 Å². The first-order chi connectivity index (χ1) is 12.2. The summed E-state index contributed by atoms with van der Waals surface area (Å²) in [4.78, 5) is 8.87. The molecule has 4 aromatic rings. The first-order valence-corrected chi connectivity index (χ1v) is 8.50. The number of rotatable bonds is 3. The largest absolute Gasteiger partial charge is 0.264 e. The standard InChI is InChI=1S/C20H12F2N2S/c21-15-5-1-13(2-6-15)17-9-10-23-11-18(17)20-24-19(12-25-20)14-3-7-16(22)8-4-14/h1-12H. The average molecular weight is 350 g/mol. The van der Waals surface area contributed by atoms with Crippen LogP contribution in [0.25, 0.3) is 33.0 Å². The molecular weight excluding hydrogens is 338 g/mol. The minimum Gasteiger partial charge on any atom is -0.264 e.